The van der Waals surface area contributed by atoms with E-state index < -0.39 is 12.1 Å². The molecule has 1 amide bonds. The number of carbonyl (C=O) groups excluding carboxylic acids is 1. The highest BCUT2D eigenvalue weighted by atomic mass is 16.3. The molecule has 0 aliphatic heterocycles. The summed E-state index contributed by atoms with van der Waals surface area (Å²) in [5.74, 6) is -0.0880. The second-order valence-corrected chi connectivity index (χ2v) is 18.6. The fraction of sp³-hybridized carbons (Fsp3) is 0.615. The maximum absolute atomic E-state index is 12.5. The Kier molecular flexibility index (Phi) is 55.4. The van der Waals surface area contributed by atoms with Crippen molar-refractivity contribution in [3.05, 3.63) is 146 Å². The van der Waals surface area contributed by atoms with Crippen molar-refractivity contribution in [2.24, 2.45) is 0 Å². The molecule has 3 N–H and O–H groups in total. The molecule has 2 unspecified atom stereocenters. The Hall–Kier alpha value is -3.73. The minimum absolute atomic E-state index is 0.0880. The number of hydrogen-bond acceptors (Lipinski definition) is 3. The van der Waals surface area contributed by atoms with Gasteiger partial charge in [-0.15, -0.1) is 0 Å². The highest BCUT2D eigenvalue weighted by molar-refractivity contribution is 5.76. The number of carbonyl (C=O) groups is 1. The number of nitrogens with one attached hydrogen (secondary N) is 1. The summed E-state index contributed by atoms with van der Waals surface area (Å²) < 4.78 is 0. The fourth-order valence-electron chi connectivity index (χ4n) is 7.77. The second kappa shape index (κ2) is 58.6. The Labute approximate surface area is 427 Å². The lowest BCUT2D eigenvalue weighted by Crippen LogP contribution is -2.45. The summed E-state index contributed by atoms with van der Waals surface area (Å²) in [6, 6.07) is -0.644. The molecule has 0 spiro atoms. The standard InChI is InChI=1S/C65H107NO3/c1-3-5-7-9-11-13-15-17-19-21-23-24-25-26-27-28-29-30-31-32-33-34-35-36-37-38-39-40-41-42-43-45-47-49-51-53-55-57-59-61-65(69)66-63(62-67)64(68)60-58-56-54-52-50-48-46-44-22-20-18-16-14-12-10-8-6-4-2/h5,7,11,13,17,19,23-24,26-27,29-30,32-33,35-36,38-39,41-42,45,47,58,60,63-64,67-68H,3-4,6,8-10,12,14-16,18,20-22,25,28,31,34,37,40,43-44,46,48-57,59,61-62H2,1-2H3,(H,66,69)/b7-5-,13-11-,19-17-,24-23-,27-26-,30-29-,33-32-,36-35-,39-38-,42-41-,47-45-,60-58+. The Morgan fingerprint density at radius 3 is 0.957 bits per heavy atom. The summed E-state index contributed by atoms with van der Waals surface area (Å²) in [5, 5.41) is 23.1. The molecular weight excluding hydrogens is 843 g/mol. The van der Waals surface area contributed by atoms with Gasteiger partial charge in [-0.05, 0) is 103 Å². The Balaban J connectivity index is 3.69. The molecule has 69 heavy (non-hydrogen) atoms. The van der Waals surface area contributed by atoms with E-state index >= 15 is 0 Å². The molecule has 4 nitrogen and oxygen atoms in total. The van der Waals surface area contributed by atoms with Gasteiger partial charge in [-0.3, -0.25) is 4.79 Å². The van der Waals surface area contributed by atoms with E-state index in [9.17, 15) is 15.0 Å². The predicted molar refractivity (Wildman–Crippen MR) is 308 cm³/mol. The SMILES string of the molecule is CC/C=C\C/C=C\C/C=C\C/C=C\C/C=C\C/C=C\C/C=C\C/C=C\C/C=C\C/C=C\C/C=C\CCCCCCCC(=O)NC(CO)C(O)/C=C/CCCCCCCCCCCCCCCCCC. The average Bonchev–Trinajstić information content (AvgIpc) is 3.35. The maximum Gasteiger partial charge on any atom is 0.220 e. The van der Waals surface area contributed by atoms with Crippen LogP contribution in [-0.2, 0) is 4.79 Å². The molecule has 0 rings (SSSR count). The normalized spacial score (nSPS) is 14.0. The summed E-state index contributed by atoms with van der Waals surface area (Å²) in [7, 11) is 0. The van der Waals surface area contributed by atoms with Crippen LogP contribution in [0.2, 0.25) is 0 Å². The van der Waals surface area contributed by atoms with Crippen LogP contribution in [0.1, 0.15) is 239 Å². The minimum atomic E-state index is -0.858. The van der Waals surface area contributed by atoms with Gasteiger partial charge in [-0.1, -0.05) is 275 Å². The lowest BCUT2D eigenvalue weighted by molar-refractivity contribution is -0.123. The first-order chi connectivity index (χ1) is 34.2. The van der Waals surface area contributed by atoms with E-state index in [4.69, 9.17) is 0 Å². The van der Waals surface area contributed by atoms with E-state index in [0.717, 1.165) is 109 Å². The van der Waals surface area contributed by atoms with E-state index in [1.165, 1.54) is 109 Å². The van der Waals surface area contributed by atoms with Crippen LogP contribution < -0.4 is 5.32 Å². The predicted octanol–water partition coefficient (Wildman–Crippen LogP) is 19.2. The van der Waals surface area contributed by atoms with Gasteiger partial charge in [0.1, 0.15) is 0 Å². The second-order valence-electron chi connectivity index (χ2n) is 18.6. The van der Waals surface area contributed by atoms with E-state index in [2.05, 4.69) is 153 Å². The summed E-state index contributed by atoms with van der Waals surface area (Å²) in [5.41, 5.74) is 0. The van der Waals surface area contributed by atoms with Crippen LogP contribution in [-0.4, -0.2) is 34.9 Å². The van der Waals surface area contributed by atoms with Crippen LogP contribution >= 0.6 is 0 Å². The van der Waals surface area contributed by atoms with Crippen molar-refractivity contribution >= 4 is 5.91 Å². The van der Waals surface area contributed by atoms with Gasteiger partial charge in [-0.2, -0.15) is 0 Å². The zero-order valence-corrected chi connectivity index (χ0v) is 44.8. The van der Waals surface area contributed by atoms with Crippen molar-refractivity contribution in [2.75, 3.05) is 6.61 Å². The van der Waals surface area contributed by atoms with Crippen LogP contribution in [0.5, 0.6) is 0 Å². The smallest absolute Gasteiger partial charge is 0.220 e. The van der Waals surface area contributed by atoms with Crippen LogP contribution in [0.4, 0.5) is 0 Å². The van der Waals surface area contributed by atoms with Gasteiger partial charge in [0.25, 0.3) is 0 Å². The average molecular weight is 951 g/mol. The van der Waals surface area contributed by atoms with E-state index in [-0.39, 0.29) is 12.5 Å². The summed E-state index contributed by atoms with van der Waals surface area (Å²) >= 11 is 0. The largest absolute Gasteiger partial charge is 0.394 e. The molecule has 0 saturated carbocycles. The molecular formula is C65H107NO3. The first-order valence-electron chi connectivity index (χ1n) is 28.5. The molecule has 0 aliphatic rings. The zero-order chi connectivity index (χ0) is 49.9. The van der Waals surface area contributed by atoms with Gasteiger partial charge < -0.3 is 15.5 Å². The molecule has 0 fully saturated rings. The van der Waals surface area contributed by atoms with Crippen molar-refractivity contribution in [3.8, 4) is 0 Å². The van der Waals surface area contributed by atoms with Crippen molar-refractivity contribution in [3.63, 3.8) is 0 Å². The summed E-state index contributed by atoms with van der Waals surface area (Å²) in [4.78, 5) is 12.5. The van der Waals surface area contributed by atoms with Crippen LogP contribution in [0.25, 0.3) is 0 Å². The molecule has 0 aromatic heterocycles. The minimum Gasteiger partial charge on any atom is -0.394 e. The summed E-state index contributed by atoms with van der Waals surface area (Å²) in [6.07, 6.45) is 92.8. The van der Waals surface area contributed by atoms with Crippen molar-refractivity contribution < 1.29 is 15.0 Å². The maximum atomic E-state index is 12.5. The topological polar surface area (TPSA) is 69.6 Å². The number of unbranched alkanes of at least 4 members (excludes halogenated alkanes) is 21. The number of rotatable bonds is 50. The molecule has 0 radical (unpaired) electrons. The molecule has 0 aliphatic carbocycles. The Bertz CT molecular complexity index is 1450. The first kappa shape index (κ1) is 65.3. The zero-order valence-electron chi connectivity index (χ0n) is 44.8. The molecule has 0 bridgehead atoms. The number of amides is 1. The number of hydrogen-bond donors (Lipinski definition) is 3. The van der Waals surface area contributed by atoms with E-state index in [1.54, 1.807) is 6.08 Å². The highest BCUT2D eigenvalue weighted by Gasteiger charge is 2.18. The molecule has 0 aromatic carbocycles. The quantitative estimate of drug-likeness (QED) is 0.0420. The monoisotopic (exact) mass is 950 g/mol. The number of allylic oxidation sites excluding steroid dienone is 23. The van der Waals surface area contributed by atoms with E-state index in [1.807, 2.05) is 6.08 Å². The van der Waals surface area contributed by atoms with Gasteiger partial charge in [0.2, 0.25) is 5.91 Å². The molecule has 0 aromatic rings. The third-order valence-electron chi connectivity index (χ3n) is 12.1. The van der Waals surface area contributed by atoms with Gasteiger partial charge in [0, 0.05) is 6.42 Å². The Morgan fingerprint density at radius 2 is 0.638 bits per heavy atom. The van der Waals surface area contributed by atoms with Crippen molar-refractivity contribution in [1.29, 1.82) is 0 Å². The van der Waals surface area contributed by atoms with Gasteiger partial charge >= 0.3 is 0 Å². The lowest BCUT2D eigenvalue weighted by atomic mass is 10.0. The van der Waals surface area contributed by atoms with Crippen LogP contribution in [0.15, 0.2) is 146 Å². The third kappa shape index (κ3) is 55.1. The number of aliphatic hydroxyl groups is 2. The number of aliphatic hydroxyl groups excluding tert-OH is 2. The Morgan fingerprint density at radius 1 is 0.362 bits per heavy atom. The van der Waals surface area contributed by atoms with Gasteiger partial charge in [0.05, 0.1) is 18.8 Å². The fourth-order valence-corrected chi connectivity index (χ4v) is 7.77. The third-order valence-corrected chi connectivity index (χ3v) is 12.1. The van der Waals surface area contributed by atoms with Crippen molar-refractivity contribution in [1.82, 2.24) is 5.32 Å². The molecule has 2 atom stereocenters. The molecule has 390 valence electrons. The first-order valence-corrected chi connectivity index (χ1v) is 28.5. The van der Waals surface area contributed by atoms with E-state index in [0.29, 0.717) is 6.42 Å². The molecule has 0 heterocycles. The lowest BCUT2D eigenvalue weighted by Gasteiger charge is -2.20. The highest BCUT2D eigenvalue weighted by Crippen LogP contribution is 2.15. The molecule has 4 heteroatoms. The summed E-state index contributed by atoms with van der Waals surface area (Å²) in [6.45, 7) is 4.18. The van der Waals surface area contributed by atoms with Gasteiger partial charge in [0.15, 0.2) is 0 Å². The van der Waals surface area contributed by atoms with Crippen LogP contribution in [0, 0.1) is 0 Å². The van der Waals surface area contributed by atoms with Crippen molar-refractivity contribution in [2.45, 2.75) is 251 Å². The molecule has 0 saturated heterocycles. The van der Waals surface area contributed by atoms with Gasteiger partial charge in [-0.25, -0.2) is 0 Å². The van der Waals surface area contributed by atoms with Crippen LogP contribution in [0.3, 0.4) is 0 Å².